The number of phenols is 1. The first-order chi connectivity index (χ1) is 8.69. The molecule has 1 aliphatic heterocycles. The summed E-state index contributed by atoms with van der Waals surface area (Å²) in [6.45, 7) is 7.69. The van der Waals surface area contributed by atoms with Crippen molar-refractivity contribution in [2.24, 2.45) is 0 Å². The summed E-state index contributed by atoms with van der Waals surface area (Å²) in [6.07, 6.45) is 3.65. The van der Waals surface area contributed by atoms with Crippen LogP contribution in [0.5, 0.6) is 5.75 Å². The van der Waals surface area contributed by atoms with E-state index in [2.05, 4.69) is 23.2 Å². The number of benzene rings is 1. The Kier molecular flexibility index (Phi) is 4.48. The van der Waals surface area contributed by atoms with Crippen molar-refractivity contribution in [3.05, 3.63) is 23.8 Å². The molecule has 100 valence electrons. The number of nitrogens with zero attached hydrogens (tertiary/aromatic N) is 1. The third-order valence-corrected chi connectivity index (χ3v) is 3.85. The average molecular weight is 248 g/mol. The Bertz CT molecular complexity index is 392. The summed E-state index contributed by atoms with van der Waals surface area (Å²) >= 11 is 0. The number of aromatic hydroxyl groups is 1. The third-order valence-electron chi connectivity index (χ3n) is 3.85. The predicted octanol–water partition coefficient (Wildman–Crippen LogP) is 2.99. The van der Waals surface area contributed by atoms with Crippen LogP contribution in [-0.2, 0) is 0 Å². The number of nitrogens with one attached hydrogen (secondary N) is 1. The summed E-state index contributed by atoms with van der Waals surface area (Å²) in [5.74, 6) is 0.379. The van der Waals surface area contributed by atoms with Gasteiger partial charge in [-0.25, -0.2) is 0 Å². The summed E-state index contributed by atoms with van der Waals surface area (Å²) in [6, 6.07) is 6.38. The monoisotopic (exact) mass is 248 g/mol. The Morgan fingerprint density at radius 1 is 1.33 bits per heavy atom. The number of hydrogen-bond donors (Lipinski definition) is 2. The normalized spacial score (nSPS) is 21.6. The summed E-state index contributed by atoms with van der Waals surface area (Å²) < 4.78 is 0. The maximum absolute atomic E-state index is 9.72. The highest BCUT2D eigenvalue weighted by Gasteiger charge is 2.15. The summed E-state index contributed by atoms with van der Waals surface area (Å²) in [7, 11) is 0. The molecule has 1 atom stereocenters. The zero-order valence-corrected chi connectivity index (χ0v) is 11.4. The van der Waals surface area contributed by atoms with Crippen LogP contribution in [0.2, 0.25) is 0 Å². The molecule has 1 aromatic carbocycles. The molecule has 1 saturated heterocycles. The molecule has 2 rings (SSSR count). The zero-order chi connectivity index (χ0) is 13.0. The van der Waals surface area contributed by atoms with Crippen molar-refractivity contribution in [2.75, 3.05) is 25.0 Å². The third kappa shape index (κ3) is 3.39. The molecule has 1 aliphatic rings. The van der Waals surface area contributed by atoms with Gasteiger partial charge in [-0.15, -0.1) is 0 Å². The SMILES string of the molecule is CCN1CCCC(Nc2ccc(C)c(O)c2)CC1. The van der Waals surface area contributed by atoms with Crippen LogP contribution in [-0.4, -0.2) is 35.7 Å². The van der Waals surface area contributed by atoms with E-state index in [1.165, 1.54) is 32.4 Å². The number of phenolic OH excluding ortho intramolecular Hbond substituents is 1. The second-order valence-corrected chi connectivity index (χ2v) is 5.21. The number of hydrogen-bond acceptors (Lipinski definition) is 3. The van der Waals surface area contributed by atoms with Gasteiger partial charge in [-0.1, -0.05) is 13.0 Å². The minimum atomic E-state index is 0.379. The van der Waals surface area contributed by atoms with E-state index in [1.807, 2.05) is 19.1 Å². The van der Waals surface area contributed by atoms with E-state index in [0.717, 1.165) is 17.8 Å². The lowest BCUT2D eigenvalue weighted by molar-refractivity contribution is 0.300. The lowest BCUT2D eigenvalue weighted by Gasteiger charge is -2.19. The Morgan fingerprint density at radius 3 is 2.89 bits per heavy atom. The van der Waals surface area contributed by atoms with Gasteiger partial charge in [0, 0.05) is 24.3 Å². The van der Waals surface area contributed by atoms with E-state index in [1.54, 1.807) is 0 Å². The molecule has 1 heterocycles. The van der Waals surface area contributed by atoms with Gasteiger partial charge >= 0.3 is 0 Å². The van der Waals surface area contributed by atoms with Crippen LogP contribution >= 0.6 is 0 Å². The molecule has 0 saturated carbocycles. The maximum atomic E-state index is 9.72. The first-order valence-corrected chi connectivity index (χ1v) is 6.97. The smallest absolute Gasteiger partial charge is 0.120 e. The van der Waals surface area contributed by atoms with Crippen molar-refractivity contribution in [3.63, 3.8) is 0 Å². The van der Waals surface area contributed by atoms with Crippen LogP contribution in [0.3, 0.4) is 0 Å². The van der Waals surface area contributed by atoms with Crippen LogP contribution in [0.25, 0.3) is 0 Å². The molecule has 3 nitrogen and oxygen atoms in total. The fraction of sp³-hybridized carbons (Fsp3) is 0.600. The van der Waals surface area contributed by atoms with E-state index >= 15 is 0 Å². The summed E-state index contributed by atoms with van der Waals surface area (Å²) in [4.78, 5) is 2.51. The molecule has 0 bridgehead atoms. The molecule has 1 aromatic rings. The summed E-state index contributed by atoms with van der Waals surface area (Å²) in [5.41, 5.74) is 1.96. The van der Waals surface area contributed by atoms with E-state index in [9.17, 15) is 5.11 Å². The van der Waals surface area contributed by atoms with E-state index in [4.69, 9.17) is 0 Å². The molecular formula is C15H24N2O. The van der Waals surface area contributed by atoms with Crippen molar-refractivity contribution in [1.29, 1.82) is 0 Å². The van der Waals surface area contributed by atoms with Crippen molar-refractivity contribution < 1.29 is 5.11 Å². The Labute approximate surface area is 110 Å². The van der Waals surface area contributed by atoms with Crippen LogP contribution in [0, 0.1) is 6.92 Å². The zero-order valence-electron chi connectivity index (χ0n) is 11.4. The number of rotatable bonds is 3. The Morgan fingerprint density at radius 2 is 2.17 bits per heavy atom. The van der Waals surface area contributed by atoms with Gasteiger partial charge in [0.25, 0.3) is 0 Å². The van der Waals surface area contributed by atoms with E-state index < -0.39 is 0 Å². The molecule has 0 amide bonds. The minimum Gasteiger partial charge on any atom is -0.508 e. The van der Waals surface area contributed by atoms with Gasteiger partial charge in [0.2, 0.25) is 0 Å². The van der Waals surface area contributed by atoms with Gasteiger partial charge in [0.15, 0.2) is 0 Å². The molecule has 0 aliphatic carbocycles. The highest BCUT2D eigenvalue weighted by atomic mass is 16.3. The van der Waals surface area contributed by atoms with Gasteiger partial charge in [0.1, 0.15) is 5.75 Å². The second kappa shape index (κ2) is 6.10. The second-order valence-electron chi connectivity index (χ2n) is 5.21. The highest BCUT2D eigenvalue weighted by molar-refractivity contribution is 5.51. The molecule has 1 fully saturated rings. The van der Waals surface area contributed by atoms with Crippen LogP contribution < -0.4 is 5.32 Å². The molecule has 0 spiro atoms. The first kappa shape index (κ1) is 13.2. The van der Waals surface area contributed by atoms with Gasteiger partial charge in [-0.05, 0) is 50.9 Å². The molecule has 2 N–H and O–H groups in total. The van der Waals surface area contributed by atoms with Crippen LogP contribution in [0.4, 0.5) is 5.69 Å². The van der Waals surface area contributed by atoms with Crippen molar-refractivity contribution in [1.82, 2.24) is 4.90 Å². The first-order valence-electron chi connectivity index (χ1n) is 6.97. The lowest BCUT2D eigenvalue weighted by Crippen LogP contribution is -2.26. The Balaban J connectivity index is 1.94. The largest absolute Gasteiger partial charge is 0.508 e. The van der Waals surface area contributed by atoms with E-state index in [0.29, 0.717) is 11.8 Å². The van der Waals surface area contributed by atoms with Crippen LogP contribution in [0.15, 0.2) is 18.2 Å². The number of aryl methyl sites for hydroxylation is 1. The minimum absolute atomic E-state index is 0.379. The van der Waals surface area contributed by atoms with Crippen molar-refractivity contribution in [3.8, 4) is 5.75 Å². The number of likely N-dealkylation sites (tertiary alicyclic amines) is 1. The van der Waals surface area contributed by atoms with Crippen molar-refractivity contribution in [2.45, 2.75) is 39.2 Å². The number of anilines is 1. The van der Waals surface area contributed by atoms with Gasteiger partial charge in [0.05, 0.1) is 0 Å². The maximum Gasteiger partial charge on any atom is 0.120 e. The molecule has 0 radical (unpaired) electrons. The molecule has 1 unspecified atom stereocenters. The molecule has 0 aromatic heterocycles. The van der Waals surface area contributed by atoms with Crippen LogP contribution in [0.1, 0.15) is 31.7 Å². The fourth-order valence-corrected chi connectivity index (χ4v) is 2.55. The van der Waals surface area contributed by atoms with Gasteiger partial charge in [-0.2, -0.15) is 0 Å². The van der Waals surface area contributed by atoms with Gasteiger partial charge < -0.3 is 15.3 Å². The molecule has 18 heavy (non-hydrogen) atoms. The van der Waals surface area contributed by atoms with Crippen molar-refractivity contribution >= 4 is 5.69 Å². The highest BCUT2D eigenvalue weighted by Crippen LogP contribution is 2.23. The van der Waals surface area contributed by atoms with Gasteiger partial charge in [-0.3, -0.25) is 0 Å². The topological polar surface area (TPSA) is 35.5 Å². The quantitative estimate of drug-likeness (QED) is 0.863. The fourth-order valence-electron chi connectivity index (χ4n) is 2.55. The standard InChI is InChI=1S/C15H24N2O/c1-3-17-9-4-5-13(8-10-17)16-14-7-6-12(2)15(18)11-14/h6-7,11,13,16,18H,3-5,8-10H2,1-2H3. The predicted molar refractivity (Wildman–Crippen MR) is 76.2 cm³/mol. The Hall–Kier alpha value is -1.22. The molecule has 3 heteroatoms. The van der Waals surface area contributed by atoms with E-state index in [-0.39, 0.29) is 0 Å². The lowest BCUT2D eigenvalue weighted by atomic mass is 10.1. The molecular weight excluding hydrogens is 224 g/mol. The summed E-state index contributed by atoms with van der Waals surface area (Å²) in [5, 5.41) is 13.3. The average Bonchev–Trinajstić information content (AvgIpc) is 2.59.